The summed E-state index contributed by atoms with van der Waals surface area (Å²) in [6.07, 6.45) is 4.03. The highest BCUT2D eigenvalue weighted by molar-refractivity contribution is 7.89. The van der Waals surface area contributed by atoms with E-state index >= 15 is 0 Å². The number of ether oxygens (including phenoxy) is 1. The van der Waals surface area contributed by atoms with Crippen LogP contribution in [0.15, 0.2) is 47.4 Å². The fourth-order valence-electron chi connectivity index (χ4n) is 4.43. The molecule has 32 heavy (non-hydrogen) atoms. The molecule has 8 heteroatoms. The second kappa shape index (κ2) is 9.42. The summed E-state index contributed by atoms with van der Waals surface area (Å²) in [5.41, 5.74) is 3.72. The zero-order chi connectivity index (χ0) is 22.7. The first-order valence-electron chi connectivity index (χ1n) is 11.0. The predicted molar refractivity (Wildman–Crippen MR) is 120 cm³/mol. The molecule has 0 bridgehead atoms. The fourth-order valence-corrected chi connectivity index (χ4v) is 5.95. The summed E-state index contributed by atoms with van der Waals surface area (Å²) in [7, 11) is -2.21. The van der Waals surface area contributed by atoms with E-state index in [1.807, 2.05) is 12.1 Å². The highest BCUT2D eigenvalue weighted by Gasteiger charge is 2.32. The summed E-state index contributed by atoms with van der Waals surface area (Å²) in [6.45, 7) is 1.03. The molecule has 1 fully saturated rings. The van der Waals surface area contributed by atoms with Crippen molar-refractivity contribution < 1.29 is 22.7 Å². The highest BCUT2D eigenvalue weighted by Crippen LogP contribution is 2.28. The van der Waals surface area contributed by atoms with Crippen molar-refractivity contribution in [1.29, 1.82) is 0 Å². The Balaban J connectivity index is 1.30. The van der Waals surface area contributed by atoms with E-state index in [-0.39, 0.29) is 11.8 Å². The van der Waals surface area contributed by atoms with Crippen LogP contribution in [0.25, 0.3) is 0 Å². The Labute approximate surface area is 188 Å². The molecule has 170 valence electrons. The van der Waals surface area contributed by atoms with Gasteiger partial charge in [0.1, 0.15) is 0 Å². The molecule has 0 aromatic heterocycles. The Morgan fingerprint density at radius 3 is 2.41 bits per heavy atom. The Morgan fingerprint density at radius 2 is 1.72 bits per heavy atom. The first-order chi connectivity index (χ1) is 15.4. The number of hydrogen-bond acceptors (Lipinski definition) is 5. The van der Waals surface area contributed by atoms with Crippen LogP contribution in [0, 0.1) is 5.92 Å². The van der Waals surface area contributed by atoms with Gasteiger partial charge in [-0.05, 0) is 73.1 Å². The number of aryl methyl sites for hydroxylation is 2. The van der Waals surface area contributed by atoms with Gasteiger partial charge in [0.2, 0.25) is 15.9 Å². The maximum Gasteiger partial charge on any atom is 0.337 e. The maximum atomic E-state index is 13.1. The van der Waals surface area contributed by atoms with E-state index in [2.05, 4.69) is 10.1 Å². The zero-order valence-electron chi connectivity index (χ0n) is 18.2. The Kier molecular flexibility index (Phi) is 6.62. The smallest absolute Gasteiger partial charge is 0.337 e. The predicted octanol–water partition coefficient (Wildman–Crippen LogP) is 2.68. The van der Waals surface area contributed by atoms with Crippen LogP contribution in [0.4, 0.5) is 0 Å². The second-order valence-corrected chi connectivity index (χ2v) is 10.3. The van der Waals surface area contributed by atoms with Crippen molar-refractivity contribution in [2.45, 2.75) is 43.5 Å². The summed E-state index contributed by atoms with van der Waals surface area (Å²) >= 11 is 0. The number of carbonyl (C=O) groups excluding carboxylic acids is 2. The molecule has 2 aliphatic rings. The minimum atomic E-state index is -3.54. The zero-order valence-corrected chi connectivity index (χ0v) is 19.0. The van der Waals surface area contributed by atoms with Gasteiger partial charge >= 0.3 is 5.97 Å². The summed E-state index contributed by atoms with van der Waals surface area (Å²) in [5, 5.41) is 2.92. The molecule has 2 aromatic rings. The summed E-state index contributed by atoms with van der Waals surface area (Å²) in [4.78, 5) is 24.4. The van der Waals surface area contributed by atoms with Gasteiger partial charge in [0.05, 0.1) is 17.6 Å². The van der Waals surface area contributed by atoms with Crippen molar-refractivity contribution in [2.75, 3.05) is 20.2 Å². The molecule has 1 aliphatic heterocycles. The standard InChI is InChI=1S/C24H28N2O5S/c1-31-24(28)20-7-5-17(6-8-20)16-25-23(27)19-11-13-26(14-12-19)32(29,30)22-10-9-18-3-2-4-21(18)15-22/h5-10,15,19H,2-4,11-14,16H2,1H3,(H,25,27). The summed E-state index contributed by atoms with van der Waals surface area (Å²) < 4.78 is 32.3. The molecule has 1 amide bonds. The van der Waals surface area contributed by atoms with Crippen LogP contribution in [-0.4, -0.2) is 44.8 Å². The van der Waals surface area contributed by atoms with Gasteiger partial charge in [-0.15, -0.1) is 0 Å². The lowest BCUT2D eigenvalue weighted by Gasteiger charge is -2.30. The molecule has 0 atom stereocenters. The molecular formula is C24H28N2O5S. The Bertz CT molecular complexity index is 1100. The maximum absolute atomic E-state index is 13.1. The lowest BCUT2D eigenvalue weighted by Crippen LogP contribution is -2.42. The number of methoxy groups -OCH3 is 1. The molecule has 0 radical (unpaired) electrons. The molecule has 1 heterocycles. The first-order valence-corrected chi connectivity index (χ1v) is 12.4. The number of esters is 1. The lowest BCUT2D eigenvalue weighted by atomic mass is 9.97. The number of rotatable bonds is 6. The number of sulfonamides is 1. The van der Waals surface area contributed by atoms with Gasteiger partial charge in [-0.1, -0.05) is 18.2 Å². The molecular weight excluding hydrogens is 428 g/mol. The number of nitrogens with one attached hydrogen (secondary N) is 1. The largest absolute Gasteiger partial charge is 0.465 e. The third-order valence-electron chi connectivity index (χ3n) is 6.37. The van der Waals surface area contributed by atoms with Crippen molar-refractivity contribution in [1.82, 2.24) is 9.62 Å². The number of amides is 1. The van der Waals surface area contributed by atoms with Gasteiger partial charge in [0, 0.05) is 25.6 Å². The van der Waals surface area contributed by atoms with Gasteiger partial charge in [0.25, 0.3) is 0 Å². The van der Waals surface area contributed by atoms with Gasteiger partial charge in [-0.2, -0.15) is 4.31 Å². The van der Waals surface area contributed by atoms with Crippen LogP contribution in [0.2, 0.25) is 0 Å². The quantitative estimate of drug-likeness (QED) is 0.675. The van der Waals surface area contributed by atoms with Crippen LogP contribution in [0.5, 0.6) is 0 Å². The normalized spacial score (nSPS) is 17.0. The van der Waals surface area contributed by atoms with E-state index in [0.29, 0.717) is 42.9 Å². The van der Waals surface area contributed by atoms with E-state index in [1.165, 1.54) is 17.0 Å². The number of fused-ring (bicyclic) bond motifs is 1. The topological polar surface area (TPSA) is 92.8 Å². The fraction of sp³-hybridized carbons (Fsp3) is 0.417. The van der Waals surface area contributed by atoms with Crippen LogP contribution in [-0.2, 0) is 38.9 Å². The Morgan fingerprint density at radius 1 is 1.03 bits per heavy atom. The van der Waals surface area contributed by atoms with Gasteiger partial charge in [-0.25, -0.2) is 13.2 Å². The number of hydrogen-bond donors (Lipinski definition) is 1. The molecule has 0 saturated carbocycles. The average Bonchev–Trinajstić information content (AvgIpc) is 3.30. The van der Waals surface area contributed by atoms with Gasteiger partial charge in [0.15, 0.2) is 0 Å². The van der Waals surface area contributed by atoms with Crippen molar-refractivity contribution in [3.63, 3.8) is 0 Å². The summed E-state index contributed by atoms with van der Waals surface area (Å²) in [5.74, 6) is -0.686. The van der Waals surface area contributed by atoms with Crippen molar-refractivity contribution >= 4 is 21.9 Å². The molecule has 1 N–H and O–H groups in total. The number of piperidine rings is 1. The van der Waals surface area contributed by atoms with E-state index in [9.17, 15) is 18.0 Å². The molecule has 7 nitrogen and oxygen atoms in total. The third-order valence-corrected chi connectivity index (χ3v) is 8.27. The molecule has 2 aromatic carbocycles. The van der Waals surface area contributed by atoms with Crippen molar-refractivity contribution in [2.24, 2.45) is 5.92 Å². The van der Waals surface area contributed by atoms with E-state index < -0.39 is 16.0 Å². The monoisotopic (exact) mass is 456 g/mol. The van der Waals surface area contributed by atoms with E-state index in [1.54, 1.807) is 30.3 Å². The van der Waals surface area contributed by atoms with Crippen LogP contribution < -0.4 is 5.32 Å². The number of nitrogens with zero attached hydrogens (tertiary/aromatic N) is 1. The lowest BCUT2D eigenvalue weighted by molar-refractivity contribution is -0.126. The summed E-state index contributed by atoms with van der Waals surface area (Å²) in [6, 6.07) is 12.3. The van der Waals surface area contributed by atoms with Gasteiger partial charge < -0.3 is 10.1 Å². The van der Waals surface area contributed by atoms with Crippen molar-refractivity contribution in [3.8, 4) is 0 Å². The minimum Gasteiger partial charge on any atom is -0.465 e. The molecule has 4 rings (SSSR count). The molecule has 0 spiro atoms. The van der Waals surface area contributed by atoms with E-state index in [0.717, 1.165) is 30.4 Å². The van der Waals surface area contributed by atoms with Crippen molar-refractivity contribution in [3.05, 3.63) is 64.7 Å². The Hall–Kier alpha value is -2.71. The van der Waals surface area contributed by atoms with Gasteiger partial charge in [-0.3, -0.25) is 4.79 Å². The second-order valence-electron chi connectivity index (χ2n) is 8.37. The third kappa shape index (κ3) is 4.71. The number of carbonyl (C=O) groups is 2. The van der Waals surface area contributed by atoms with Crippen LogP contribution >= 0.6 is 0 Å². The van der Waals surface area contributed by atoms with E-state index in [4.69, 9.17) is 0 Å². The SMILES string of the molecule is COC(=O)c1ccc(CNC(=O)C2CCN(S(=O)(=O)c3ccc4c(c3)CCC4)CC2)cc1. The first kappa shape index (κ1) is 22.5. The van der Waals surface area contributed by atoms with Crippen LogP contribution in [0.3, 0.4) is 0 Å². The highest BCUT2D eigenvalue weighted by atomic mass is 32.2. The number of benzene rings is 2. The molecule has 0 unspecified atom stereocenters. The average molecular weight is 457 g/mol. The minimum absolute atomic E-state index is 0.0726. The molecule has 1 aliphatic carbocycles. The molecule has 1 saturated heterocycles. The van der Waals surface area contributed by atoms with Crippen LogP contribution in [0.1, 0.15) is 46.3 Å².